The Morgan fingerprint density at radius 3 is 2.52 bits per heavy atom. The van der Waals surface area contributed by atoms with E-state index in [1.807, 2.05) is 13.0 Å². The number of halogens is 2. The lowest BCUT2D eigenvalue weighted by Crippen LogP contribution is -2.55. The van der Waals surface area contributed by atoms with Crippen LogP contribution in [0.5, 0.6) is 5.75 Å². The number of hydrogen-bond donors (Lipinski definition) is 5. The number of aliphatic hydroxyl groups is 4. The minimum Gasteiger partial charge on any atom is -0.508 e. The number of aromatic hydroxyl groups is 1. The highest BCUT2D eigenvalue weighted by Gasteiger charge is 2.44. The molecule has 0 saturated carbocycles. The van der Waals surface area contributed by atoms with Gasteiger partial charge >= 0.3 is 0 Å². The van der Waals surface area contributed by atoms with E-state index in [1.54, 1.807) is 16.8 Å². The summed E-state index contributed by atoms with van der Waals surface area (Å²) in [4.78, 5) is 0. The number of aromatic nitrogens is 1. The highest BCUT2D eigenvalue weighted by Crippen LogP contribution is 2.39. The van der Waals surface area contributed by atoms with Crippen molar-refractivity contribution in [2.45, 2.75) is 44.0 Å². The second kappa shape index (κ2) is 8.38. The molecule has 5 N–H and O–H groups in total. The Kier molecular flexibility index (Phi) is 5.95. The highest BCUT2D eigenvalue weighted by atomic mass is 35.5. The molecule has 1 aromatic heterocycles. The first-order chi connectivity index (χ1) is 14.7. The number of rotatable bonds is 4. The maximum Gasteiger partial charge on any atom is 0.131 e. The zero-order chi connectivity index (χ0) is 22.4. The van der Waals surface area contributed by atoms with Crippen LogP contribution in [-0.4, -0.2) is 61.1 Å². The molecule has 166 valence electrons. The molecule has 0 radical (unpaired) electrons. The number of phenols is 1. The van der Waals surface area contributed by atoms with E-state index in [4.69, 9.17) is 16.3 Å². The van der Waals surface area contributed by atoms with Crippen LogP contribution in [0.15, 0.2) is 36.5 Å². The molecule has 9 heteroatoms. The second-order valence-electron chi connectivity index (χ2n) is 7.88. The fourth-order valence-corrected chi connectivity index (χ4v) is 4.49. The van der Waals surface area contributed by atoms with E-state index in [9.17, 15) is 29.9 Å². The average Bonchev–Trinajstić information content (AvgIpc) is 3.07. The van der Waals surface area contributed by atoms with Crippen LogP contribution in [0.3, 0.4) is 0 Å². The third-order valence-electron chi connectivity index (χ3n) is 5.68. The minimum absolute atomic E-state index is 0.0861. The van der Waals surface area contributed by atoms with E-state index in [1.165, 1.54) is 12.1 Å². The molecule has 0 aliphatic carbocycles. The number of nitrogens with zero attached hydrogens (tertiary/aromatic N) is 1. The first-order valence-electron chi connectivity index (χ1n) is 9.78. The van der Waals surface area contributed by atoms with Crippen molar-refractivity contribution < 1.29 is 34.7 Å². The molecule has 3 aromatic rings. The third-order valence-corrected chi connectivity index (χ3v) is 5.97. The molecular weight excluding hydrogens is 429 g/mol. The summed E-state index contributed by atoms with van der Waals surface area (Å²) in [5.41, 5.74) is 2.21. The SMILES string of the molecule is Cc1cc(Cl)c2c(c1)c([C@@H]1O[C@H](CO)[C@@H](O)[C@H](O)[C@H]1O)cn2Cc1ccc(O)cc1F. The van der Waals surface area contributed by atoms with Crippen molar-refractivity contribution >= 4 is 22.5 Å². The number of ether oxygens (including phenoxy) is 1. The first kappa shape index (κ1) is 22.0. The molecule has 1 fully saturated rings. The van der Waals surface area contributed by atoms with Crippen molar-refractivity contribution in [2.75, 3.05) is 6.61 Å². The number of benzene rings is 2. The van der Waals surface area contributed by atoms with Crippen molar-refractivity contribution in [1.29, 1.82) is 0 Å². The zero-order valence-electron chi connectivity index (χ0n) is 16.6. The van der Waals surface area contributed by atoms with Crippen molar-refractivity contribution in [2.24, 2.45) is 0 Å². The van der Waals surface area contributed by atoms with Gasteiger partial charge in [-0.25, -0.2) is 4.39 Å². The Labute approximate surface area is 182 Å². The quantitative estimate of drug-likeness (QED) is 0.414. The molecule has 0 unspecified atom stereocenters. The van der Waals surface area contributed by atoms with Gasteiger partial charge in [-0.15, -0.1) is 0 Å². The van der Waals surface area contributed by atoms with Gasteiger partial charge in [0.15, 0.2) is 0 Å². The van der Waals surface area contributed by atoms with Crippen molar-refractivity contribution in [3.8, 4) is 5.75 Å². The van der Waals surface area contributed by atoms with E-state index >= 15 is 0 Å². The molecule has 4 rings (SSSR count). The van der Waals surface area contributed by atoms with Gasteiger partial charge in [-0.05, 0) is 30.7 Å². The minimum atomic E-state index is -1.52. The largest absolute Gasteiger partial charge is 0.508 e. The Balaban J connectivity index is 1.84. The van der Waals surface area contributed by atoms with Gasteiger partial charge in [0.05, 0.1) is 23.7 Å². The molecule has 1 aliphatic rings. The monoisotopic (exact) mass is 451 g/mol. The standard InChI is InChI=1S/C22H23ClFNO6/c1-10-4-13-14(22-21(30)20(29)19(28)17(9-26)31-22)8-25(18(13)15(23)5-10)7-11-2-3-12(27)6-16(11)24/h2-6,8,17,19-22,26-30H,7,9H2,1H3/t17-,19-,20+,21-,22+/m1/s1. The Morgan fingerprint density at radius 2 is 1.84 bits per heavy atom. The van der Waals surface area contributed by atoms with Gasteiger partial charge in [0.25, 0.3) is 0 Å². The molecule has 7 nitrogen and oxygen atoms in total. The Hall–Kier alpha value is -2.20. The Morgan fingerprint density at radius 1 is 1.10 bits per heavy atom. The van der Waals surface area contributed by atoms with Gasteiger partial charge in [-0.2, -0.15) is 0 Å². The summed E-state index contributed by atoms with van der Waals surface area (Å²) < 4.78 is 21.8. The lowest BCUT2D eigenvalue weighted by atomic mass is 9.91. The van der Waals surface area contributed by atoms with Crippen LogP contribution >= 0.6 is 11.6 Å². The zero-order valence-corrected chi connectivity index (χ0v) is 17.4. The van der Waals surface area contributed by atoms with Crippen LogP contribution in [0.25, 0.3) is 10.9 Å². The van der Waals surface area contributed by atoms with E-state index in [-0.39, 0.29) is 12.3 Å². The first-order valence-corrected chi connectivity index (χ1v) is 10.2. The fourth-order valence-electron chi connectivity index (χ4n) is 4.11. The van der Waals surface area contributed by atoms with E-state index < -0.39 is 42.9 Å². The van der Waals surface area contributed by atoms with Gasteiger partial charge < -0.3 is 34.8 Å². The van der Waals surface area contributed by atoms with Gasteiger partial charge in [0.2, 0.25) is 0 Å². The van der Waals surface area contributed by atoms with Crippen LogP contribution in [0.1, 0.15) is 22.8 Å². The topological polar surface area (TPSA) is 115 Å². The number of phenolic OH excluding ortho intramolecular Hbond substituents is 1. The number of aryl methyl sites for hydroxylation is 1. The number of fused-ring (bicyclic) bond motifs is 1. The lowest BCUT2D eigenvalue weighted by molar-refractivity contribution is -0.231. The molecule has 31 heavy (non-hydrogen) atoms. The van der Waals surface area contributed by atoms with Crippen molar-refractivity contribution in [3.05, 3.63) is 64.1 Å². The molecule has 0 spiro atoms. The predicted molar refractivity (Wildman–Crippen MR) is 112 cm³/mol. The van der Waals surface area contributed by atoms with E-state index in [0.29, 0.717) is 27.1 Å². The molecular formula is C22H23ClFNO6. The number of hydrogen-bond acceptors (Lipinski definition) is 6. The van der Waals surface area contributed by atoms with Crippen molar-refractivity contribution in [1.82, 2.24) is 4.57 Å². The predicted octanol–water partition coefficient (Wildman–Crippen LogP) is 2.01. The summed E-state index contributed by atoms with van der Waals surface area (Å²) in [6.45, 7) is 1.39. The molecule has 1 saturated heterocycles. The lowest BCUT2D eigenvalue weighted by Gasteiger charge is -2.40. The summed E-state index contributed by atoms with van der Waals surface area (Å²) >= 11 is 6.51. The van der Waals surface area contributed by atoms with Crippen LogP contribution in [0.4, 0.5) is 4.39 Å². The van der Waals surface area contributed by atoms with Gasteiger partial charge in [0, 0.05) is 28.8 Å². The van der Waals surface area contributed by atoms with Gasteiger partial charge in [-0.1, -0.05) is 17.7 Å². The fraction of sp³-hybridized carbons (Fsp3) is 0.364. The molecule has 5 atom stereocenters. The molecule has 0 amide bonds. The smallest absolute Gasteiger partial charge is 0.131 e. The van der Waals surface area contributed by atoms with Gasteiger partial charge in [-0.3, -0.25) is 0 Å². The maximum atomic E-state index is 14.4. The van der Waals surface area contributed by atoms with Crippen LogP contribution < -0.4 is 0 Å². The van der Waals surface area contributed by atoms with Crippen LogP contribution in [-0.2, 0) is 11.3 Å². The molecule has 2 heterocycles. The molecule has 1 aliphatic heterocycles. The maximum absolute atomic E-state index is 14.4. The van der Waals surface area contributed by atoms with E-state index in [0.717, 1.165) is 11.6 Å². The average molecular weight is 452 g/mol. The summed E-state index contributed by atoms with van der Waals surface area (Å²) in [5, 5.41) is 50.9. The van der Waals surface area contributed by atoms with Crippen LogP contribution in [0.2, 0.25) is 5.02 Å². The van der Waals surface area contributed by atoms with Crippen LogP contribution in [0, 0.1) is 12.7 Å². The van der Waals surface area contributed by atoms with E-state index in [2.05, 4.69) is 0 Å². The third kappa shape index (κ3) is 3.91. The summed E-state index contributed by atoms with van der Waals surface area (Å²) in [5.74, 6) is -0.770. The summed E-state index contributed by atoms with van der Waals surface area (Å²) in [6, 6.07) is 7.46. The van der Waals surface area contributed by atoms with Crippen molar-refractivity contribution in [3.63, 3.8) is 0 Å². The second-order valence-corrected chi connectivity index (χ2v) is 8.29. The summed E-state index contributed by atoms with van der Waals surface area (Å²) in [7, 11) is 0. The molecule has 2 aromatic carbocycles. The molecule has 0 bridgehead atoms. The Bertz CT molecular complexity index is 1120. The summed E-state index contributed by atoms with van der Waals surface area (Å²) in [6.07, 6.45) is -4.92. The normalized spacial score (nSPS) is 26.5. The highest BCUT2D eigenvalue weighted by molar-refractivity contribution is 6.35. The number of aliphatic hydroxyl groups excluding tert-OH is 4. The van der Waals surface area contributed by atoms with Gasteiger partial charge in [0.1, 0.15) is 42.1 Å².